The lowest BCUT2D eigenvalue weighted by atomic mass is 10.0. The van der Waals surface area contributed by atoms with Crippen LogP contribution in [0.4, 0.5) is 0 Å². The third-order valence-corrected chi connectivity index (χ3v) is 5.05. The zero-order valence-electron chi connectivity index (χ0n) is 11.2. The van der Waals surface area contributed by atoms with E-state index in [1.807, 2.05) is 6.07 Å². The van der Waals surface area contributed by atoms with Crippen LogP contribution in [0, 0.1) is 0 Å². The first-order chi connectivity index (χ1) is 9.26. The molecule has 19 heavy (non-hydrogen) atoms. The van der Waals surface area contributed by atoms with Gasteiger partial charge < -0.3 is 0 Å². The van der Waals surface area contributed by atoms with Crippen LogP contribution in [0.15, 0.2) is 30.3 Å². The van der Waals surface area contributed by atoms with Gasteiger partial charge in [-0.2, -0.15) is 0 Å². The average molecular weight is 270 g/mol. The van der Waals surface area contributed by atoms with E-state index in [4.69, 9.17) is 0 Å². The molecule has 0 spiro atoms. The third-order valence-electron chi connectivity index (χ3n) is 3.82. The molecular weight excluding hydrogens is 252 g/mol. The fourth-order valence-electron chi connectivity index (χ4n) is 2.71. The van der Waals surface area contributed by atoms with Crippen LogP contribution >= 0.6 is 11.3 Å². The Bertz CT molecular complexity index is 609. The fourth-order valence-corrected chi connectivity index (χ4v) is 3.67. The van der Waals surface area contributed by atoms with Gasteiger partial charge in [0.25, 0.3) is 0 Å². The molecule has 0 saturated heterocycles. The van der Waals surface area contributed by atoms with Crippen molar-refractivity contribution in [2.75, 3.05) is 0 Å². The fraction of sp³-hybridized carbons (Fsp3) is 0.353. The summed E-state index contributed by atoms with van der Waals surface area (Å²) < 4.78 is 0. The highest BCUT2D eigenvalue weighted by Gasteiger charge is 2.14. The Balaban J connectivity index is 1.76. The number of hydrogen-bond donors (Lipinski definition) is 0. The van der Waals surface area contributed by atoms with Crippen molar-refractivity contribution in [1.29, 1.82) is 0 Å². The molecule has 0 N–H and O–H groups in total. The molecule has 98 valence electrons. The van der Waals surface area contributed by atoms with Crippen LogP contribution in [0.2, 0.25) is 0 Å². The molecule has 2 aromatic rings. The van der Waals surface area contributed by atoms with Gasteiger partial charge in [0, 0.05) is 21.7 Å². The lowest BCUT2D eigenvalue weighted by molar-refractivity contribution is 0.0993. The van der Waals surface area contributed by atoms with Crippen molar-refractivity contribution >= 4 is 17.1 Å². The van der Waals surface area contributed by atoms with Gasteiger partial charge in [0.1, 0.15) is 0 Å². The van der Waals surface area contributed by atoms with Crippen molar-refractivity contribution in [2.24, 2.45) is 0 Å². The molecule has 0 unspecified atom stereocenters. The van der Waals surface area contributed by atoms with Gasteiger partial charge in [0.05, 0.1) is 0 Å². The summed E-state index contributed by atoms with van der Waals surface area (Å²) >= 11 is 1.76. The summed E-state index contributed by atoms with van der Waals surface area (Å²) in [5.41, 5.74) is 3.69. The molecule has 1 aliphatic rings. The average Bonchev–Trinajstić information content (AvgIpc) is 3.05. The zero-order chi connectivity index (χ0) is 13.2. The molecule has 3 rings (SSSR count). The second-order valence-electron chi connectivity index (χ2n) is 5.16. The molecular formula is C17H18OS. The number of rotatable bonds is 4. The van der Waals surface area contributed by atoms with Gasteiger partial charge in [0.15, 0.2) is 5.78 Å². The minimum Gasteiger partial charge on any atom is -0.294 e. The van der Waals surface area contributed by atoms with Crippen LogP contribution in [-0.2, 0) is 25.7 Å². The van der Waals surface area contributed by atoms with Crippen LogP contribution in [0.5, 0.6) is 0 Å². The number of Topliss-reactive ketones (excluding diaryl/α,β-unsaturated/α-hetero) is 1. The highest BCUT2D eigenvalue weighted by molar-refractivity contribution is 7.12. The number of ketones is 1. The molecule has 0 radical (unpaired) electrons. The largest absolute Gasteiger partial charge is 0.294 e. The molecule has 0 fully saturated rings. The highest BCUT2D eigenvalue weighted by Crippen LogP contribution is 2.24. The van der Waals surface area contributed by atoms with Gasteiger partial charge in [-0.05, 0) is 55.0 Å². The van der Waals surface area contributed by atoms with Gasteiger partial charge in [-0.3, -0.25) is 4.79 Å². The van der Waals surface area contributed by atoms with Gasteiger partial charge in [-0.25, -0.2) is 0 Å². The van der Waals surface area contributed by atoms with Gasteiger partial charge in [0.2, 0.25) is 0 Å². The second kappa shape index (κ2) is 5.30. The molecule has 1 nitrogen and oxygen atoms in total. The van der Waals surface area contributed by atoms with Crippen LogP contribution < -0.4 is 0 Å². The Kier molecular flexibility index (Phi) is 3.52. The number of benzene rings is 1. The van der Waals surface area contributed by atoms with E-state index in [2.05, 4.69) is 31.2 Å². The normalized spacial score (nSPS) is 13.5. The third kappa shape index (κ3) is 2.64. The maximum atomic E-state index is 12.3. The van der Waals surface area contributed by atoms with Crippen LogP contribution in [0.25, 0.3) is 0 Å². The van der Waals surface area contributed by atoms with E-state index < -0.39 is 0 Å². The van der Waals surface area contributed by atoms with Crippen molar-refractivity contribution in [3.8, 4) is 0 Å². The molecule has 0 atom stereocenters. The number of thiophene rings is 1. The molecule has 1 aliphatic carbocycles. The first kappa shape index (κ1) is 12.6. The first-order valence-electron chi connectivity index (χ1n) is 6.99. The summed E-state index contributed by atoms with van der Waals surface area (Å²) in [6.07, 6.45) is 5.14. The summed E-state index contributed by atoms with van der Waals surface area (Å²) in [5.74, 6) is 0.249. The zero-order valence-corrected chi connectivity index (χ0v) is 12.1. The number of hydrogen-bond acceptors (Lipinski definition) is 2. The predicted molar refractivity (Wildman–Crippen MR) is 80.2 cm³/mol. The highest BCUT2D eigenvalue weighted by atomic mass is 32.1. The smallest absolute Gasteiger partial charge is 0.168 e. The standard InChI is InChI=1S/C17H18OS/c1-2-15-8-9-16(19-15)11-17(18)14-7-6-12-4-3-5-13(12)10-14/h6-10H,2-5,11H2,1H3. The van der Waals surface area contributed by atoms with E-state index in [-0.39, 0.29) is 5.78 Å². The topological polar surface area (TPSA) is 17.1 Å². The molecule has 0 aliphatic heterocycles. The van der Waals surface area contributed by atoms with Gasteiger partial charge in [-0.15, -0.1) is 11.3 Å². The lowest BCUT2D eigenvalue weighted by Gasteiger charge is -2.03. The van der Waals surface area contributed by atoms with E-state index in [1.54, 1.807) is 11.3 Å². The maximum absolute atomic E-state index is 12.3. The molecule has 1 heterocycles. The molecule has 0 saturated carbocycles. The Hall–Kier alpha value is -1.41. The minimum atomic E-state index is 0.249. The second-order valence-corrected chi connectivity index (χ2v) is 6.41. The summed E-state index contributed by atoms with van der Waals surface area (Å²) in [7, 11) is 0. The number of aryl methyl sites for hydroxylation is 3. The van der Waals surface area contributed by atoms with E-state index in [1.165, 1.54) is 33.7 Å². The predicted octanol–water partition coefficient (Wildman–Crippen LogP) is 4.22. The summed E-state index contributed by atoms with van der Waals surface area (Å²) in [4.78, 5) is 14.9. The monoisotopic (exact) mass is 270 g/mol. The molecule has 1 aromatic carbocycles. The van der Waals surface area contributed by atoms with Crippen LogP contribution in [0.3, 0.4) is 0 Å². The van der Waals surface area contributed by atoms with Crippen molar-refractivity contribution in [3.05, 3.63) is 56.8 Å². The summed E-state index contributed by atoms with van der Waals surface area (Å²) in [6.45, 7) is 2.15. The van der Waals surface area contributed by atoms with E-state index in [0.717, 1.165) is 18.4 Å². The summed E-state index contributed by atoms with van der Waals surface area (Å²) in [5, 5.41) is 0. The number of carbonyl (C=O) groups is 1. The SMILES string of the molecule is CCc1ccc(CC(=O)c2ccc3c(c2)CCC3)s1. The molecule has 0 bridgehead atoms. The van der Waals surface area contributed by atoms with Gasteiger partial charge in [-0.1, -0.05) is 19.1 Å². The van der Waals surface area contributed by atoms with Crippen molar-refractivity contribution in [2.45, 2.75) is 39.0 Å². The first-order valence-corrected chi connectivity index (χ1v) is 7.80. The lowest BCUT2D eigenvalue weighted by Crippen LogP contribution is -2.03. The number of carbonyl (C=O) groups excluding carboxylic acids is 1. The Morgan fingerprint density at radius 2 is 1.89 bits per heavy atom. The minimum absolute atomic E-state index is 0.249. The Morgan fingerprint density at radius 1 is 1.11 bits per heavy atom. The van der Waals surface area contributed by atoms with Gasteiger partial charge >= 0.3 is 0 Å². The number of fused-ring (bicyclic) bond motifs is 1. The van der Waals surface area contributed by atoms with E-state index >= 15 is 0 Å². The maximum Gasteiger partial charge on any atom is 0.168 e. The van der Waals surface area contributed by atoms with E-state index in [9.17, 15) is 4.79 Å². The van der Waals surface area contributed by atoms with Crippen molar-refractivity contribution in [1.82, 2.24) is 0 Å². The van der Waals surface area contributed by atoms with Crippen molar-refractivity contribution < 1.29 is 4.79 Å². The van der Waals surface area contributed by atoms with Crippen molar-refractivity contribution in [3.63, 3.8) is 0 Å². The van der Waals surface area contributed by atoms with E-state index in [0.29, 0.717) is 6.42 Å². The molecule has 0 amide bonds. The Labute approximate surface area is 118 Å². The summed E-state index contributed by atoms with van der Waals surface area (Å²) in [6, 6.07) is 10.5. The Morgan fingerprint density at radius 3 is 2.68 bits per heavy atom. The van der Waals surface area contributed by atoms with Crippen LogP contribution in [0.1, 0.15) is 44.6 Å². The quantitative estimate of drug-likeness (QED) is 0.760. The van der Waals surface area contributed by atoms with Crippen LogP contribution in [-0.4, -0.2) is 5.78 Å². The molecule has 1 aromatic heterocycles. The molecule has 2 heteroatoms.